The van der Waals surface area contributed by atoms with Gasteiger partial charge in [-0.05, 0) is 26.7 Å². The first-order chi connectivity index (χ1) is 12.2. The van der Waals surface area contributed by atoms with E-state index in [1.165, 1.54) is 6.20 Å². The van der Waals surface area contributed by atoms with E-state index in [9.17, 15) is 4.79 Å². The topological polar surface area (TPSA) is 74.9 Å². The minimum atomic E-state index is -0.443. The summed E-state index contributed by atoms with van der Waals surface area (Å²) in [6.45, 7) is 14.8. The van der Waals surface area contributed by atoms with Crippen molar-refractivity contribution in [3.05, 3.63) is 17.8 Å². The smallest absolute Gasteiger partial charge is 0.345 e. The van der Waals surface area contributed by atoms with Gasteiger partial charge in [-0.2, -0.15) is 5.10 Å². The lowest BCUT2D eigenvalue weighted by atomic mass is 9.95. The molecular formula is C19H31N3O4. The number of carbonyl (C=O) groups excluding carboxylic acids is 1. The quantitative estimate of drug-likeness (QED) is 0.356. The standard InChI is InChI=1S/C19H31N3O4/c1-8-24-18(23)16-11-20-22(17(16)25-12-14(2)3)10-9-19(6,7)13-26-21-15(4)5/h9-11,14H,8,12-13H2,1-7H3/b10-9+. The zero-order valence-corrected chi connectivity index (χ0v) is 16.9. The lowest BCUT2D eigenvalue weighted by molar-refractivity contribution is 0.0520. The Balaban J connectivity index is 2.99. The van der Waals surface area contributed by atoms with Crippen molar-refractivity contribution in [2.75, 3.05) is 19.8 Å². The van der Waals surface area contributed by atoms with Crippen molar-refractivity contribution in [1.82, 2.24) is 9.78 Å². The van der Waals surface area contributed by atoms with Gasteiger partial charge in [0.1, 0.15) is 12.2 Å². The molecule has 0 spiro atoms. The monoisotopic (exact) mass is 365 g/mol. The lowest BCUT2D eigenvalue weighted by Crippen LogP contribution is -2.16. The predicted molar refractivity (Wildman–Crippen MR) is 102 cm³/mol. The van der Waals surface area contributed by atoms with Crippen molar-refractivity contribution in [1.29, 1.82) is 0 Å². The Morgan fingerprint density at radius 2 is 2.08 bits per heavy atom. The molecule has 7 nitrogen and oxygen atoms in total. The van der Waals surface area contributed by atoms with E-state index in [4.69, 9.17) is 14.3 Å². The van der Waals surface area contributed by atoms with Crippen LogP contribution in [0.25, 0.3) is 6.20 Å². The largest absolute Gasteiger partial charge is 0.477 e. The molecule has 0 saturated carbocycles. The number of rotatable bonds is 10. The molecule has 26 heavy (non-hydrogen) atoms. The van der Waals surface area contributed by atoms with E-state index >= 15 is 0 Å². The Morgan fingerprint density at radius 1 is 1.38 bits per heavy atom. The van der Waals surface area contributed by atoms with E-state index in [2.05, 4.69) is 10.3 Å². The zero-order chi connectivity index (χ0) is 19.7. The normalized spacial score (nSPS) is 11.7. The van der Waals surface area contributed by atoms with Gasteiger partial charge in [0.15, 0.2) is 0 Å². The highest BCUT2D eigenvalue weighted by Gasteiger charge is 2.21. The van der Waals surface area contributed by atoms with Crippen molar-refractivity contribution in [2.24, 2.45) is 16.5 Å². The maximum Gasteiger partial charge on any atom is 0.345 e. The number of aromatic nitrogens is 2. The molecule has 0 amide bonds. The summed E-state index contributed by atoms with van der Waals surface area (Å²) in [5.74, 6) is 0.256. The zero-order valence-electron chi connectivity index (χ0n) is 16.9. The molecular weight excluding hydrogens is 334 g/mol. The van der Waals surface area contributed by atoms with E-state index in [0.29, 0.717) is 37.2 Å². The van der Waals surface area contributed by atoms with Crippen LogP contribution in [0.1, 0.15) is 58.8 Å². The summed E-state index contributed by atoms with van der Waals surface area (Å²) in [5, 5.41) is 8.20. The average molecular weight is 365 g/mol. The molecule has 0 atom stereocenters. The third-order valence-corrected chi connectivity index (χ3v) is 3.15. The Kier molecular flexibility index (Phi) is 8.35. The molecule has 0 radical (unpaired) electrons. The van der Waals surface area contributed by atoms with Gasteiger partial charge in [-0.3, -0.25) is 0 Å². The minimum Gasteiger partial charge on any atom is -0.477 e. The van der Waals surface area contributed by atoms with E-state index in [0.717, 1.165) is 5.71 Å². The summed E-state index contributed by atoms with van der Waals surface area (Å²) in [6.07, 6.45) is 5.17. The van der Waals surface area contributed by atoms with E-state index < -0.39 is 5.97 Å². The van der Waals surface area contributed by atoms with Crippen LogP contribution in [0.4, 0.5) is 0 Å². The number of esters is 1. The van der Waals surface area contributed by atoms with Gasteiger partial charge in [0.2, 0.25) is 5.88 Å². The van der Waals surface area contributed by atoms with Crippen molar-refractivity contribution < 1.29 is 19.1 Å². The summed E-state index contributed by atoms with van der Waals surface area (Å²) in [7, 11) is 0. The van der Waals surface area contributed by atoms with Gasteiger partial charge in [0.25, 0.3) is 0 Å². The van der Waals surface area contributed by atoms with Crippen LogP contribution in [0, 0.1) is 11.3 Å². The van der Waals surface area contributed by atoms with Crippen molar-refractivity contribution in [3.8, 4) is 5.88 Å². The molecule has 146 valence electrons. The van der Waals surface area contributed by atoms with Gasteiger partial charge in [0, 0.05) is 11.6 Å². The van der Waals surface area contributed by atoms with Gasteiger partial charge >= 0.3 is 5.97 Å². The van der Waals surface area contributed by atoms with E-state index in [-0.39, 0.29) is 5.41 Å². The highest BCUT2D eigenvalue weighted by molar-refractivity contribution is 5.92. The Bertz CT molecular complexity index is 641. The van der Waals surface area contributed by atoms with Gasteiger partial charge in [-0.25, -0.2) is 9.48 Å². The molecule has 7 heteroatoms. The molecule has 0 aliphatic heterocycles. The molecule has 1 heterocycles. The number of oxime groups is 1. The highest BCUT2D eigenvalue weighted by Crippen LogP contribution is 2.23. The molecule has 0 bridgehead atoms. The first-order valence-corrected chi connectivity index (χ1v) is 8.86. The van der Waals surface area contributed by atoms with E-state index in [1.807, 2.05) is 47.6 Å². The molecule has 0 aliphatic rings. The maximum atomic E-state index is 12.1. The number of carbonyl (C=O) groups is 1. The first kappa shape index (κ1) is 21.7. The first-order valence-electron chi connectivity index (χ1n) is 8.86. The summed E-state index contributed by atoms with van der Waals surface area (Å²) in [4.78, 5) is 17.5. The fourth-order valence-corrected chi connectivity index (χ4v) is 1.84. The molecule has 0 saturated heterocycles. The fourth-order valence-electron chi connectivity index (χ4n) is 1.84. The molecule has 0 fully saturated rings. The Morgan fingerprint density at radius 3 is 2.65 bits per heavy atom. The Hall–Kier alpha value is -2.31. The van der Waals surface area contributed by atoms with Gasteiger partial charge < -0.3 is 14.3 Å². The molecule has 1 aromatic rings. The maximum absolute atomic E-state index is 12.1. The molecule has 0 aliphatic carbocycles. The van der Waals surface area contributed by atoms with Crippen LogP contribution < -0.4 is 4.74 Å². The third kappa shape index (κ3) is 7.29. The van der Waals surface area contributed by atoms with Gasteiger partial charge in [-0.15, -0.1) is 0 Å². The molecule has 0 N–H and O–H groups in total. The van der Waals surface area contributed by atoms with Crippen molar-refractivity contribution in [3.63, 3.8) is 0 Å². The summed E-state index contributed by atoms with van der Waals surface area (Å²) < 4.78 is 12.4. The van der Waals surface area contributed by atoms with Crippen LogP contribution >= 0.6 is 0 Å². The number of ether oxygens (including phenoxy) is 2. The van der Waals surface area contributed by atoms with Crippen molar-refractivity contribution in [2.45, 2.75) is 48.5 Å². The van der Waals surface area contributed by atoms with Gasteiger partial charge in [0.05, 0.1) is 25.1 Å². The van der Waals surface area contributed by atoms with Crippen LogP contribution in [0.3, 0.4) is 0 Å². The summed E-state index contributed by atoms with van der Waals surface area (Å²) >= 11 is 0. The third-order valence-electron chi connectivity index (χ3n) is 3.15. The second kappa shape index (κ2) is 9.99. The number of nitrogens with zero attached hydrogens (tertiary/aromatic N) is 3. The summed E-state index contributed by atoms with van der Waals surface area (Å²) in [5.41, 5.74) is 0.905. The fraction of sp³-hybridized carbons (Fsp3) is 0.632. The SMILES string of the molecule is CCOC(=O)c1cnn(/C=C/C(C)(C)CON=C(C)C)c1OCC(C)C. The number of hydrogen-bond acceptors (Lipinski definition) is 6. The Labute approximate surface area is 156 Å². The minimum absolute atomic E-state index is 0.274. The van der Waals surface area contributed by atoms with Crippen LogP contribution in [0.2, 0.25) is 0 Å². The van der Waals surface area contributed by atoms with Gasteiger partial charge in [-0.1, -0.05) is 38.9 Å². The van der Waals surface area contributed by atoms with Crippen LogP contribution in [-0.4, -0.2) is 41.3 Å². The highest BCUT2D eigenvalue weighted by atomic mass is 16.6. The second-order valence-corrected chi connectivity index (χ2v) is 7.35. The molecule has 0 aromatic carbocycles. The molecule has 0 unspecified atom stereocenters. The molecule has 1 aromatic heterocycles. The molecule has 1 rings (SSSR count). The lowest BCUT2D eigenvalue weighted by Gasteiger charge is -2.18. The second-order valence-electron chi connectivity index (χ2n) is 7.35. The predicted octanol–water partition coefficient (Wildman–Crippen LogP) is 4.00. The van der Waals surface area contributed by atoms with Crippen LogP contribution in [0.15, 0.2) is 17.4 Å². The average Bonchev–Trinajstić information content (AvgIpc) is 2.93. The summed E-state index contributed by atoms with van der Waals surface area (Å²) in [6, 6.07) is 0. The van der Waals surface area contributed by atoms with Crippen LogP contribution in [0.5, 0.6) is 5.88 Å². The van der Waals surface area contributed by atoms with Crippen molar-refractivity contribution >= 4 is 17.9 Å². The number of hydrogen-bond donors (Lipinski definition) is 0. The van der Waals surface area contributed by atoms with Crippen LogP contribution in [-0.2, 0) is 9.57 Å². The van der Waals surface area contributed by atoms with E-state index in [1.54, 1.807) is 17.8 Å².